The fourth-order valence-electron chi connectivity index (χ4n) is 2.63. The normalized spacial score (nSPS) is 35.0. The van der Waals surface area contributed by atoms with Gasteiger partial charge < -0.3 is 10.6 Å². The maximum atomic E-state index is 5.53. The van der Waals surface area contributed by atoms with E-state index in [1.807, 2.05) is 0 Å². The van der Waals surface area contributed by atoms with Crippen LogP contribution in [0.3, 0.4) is 0 Å². The summed E-state index contributed by atoms with van der Waals surface area (Å²) in [5.74, 6) is 1.58. The fourth-order valence-corrected chi connectivity index (χ4v) is 2.63. The maximum absolute atomic E-state index is 5.53. The van der Waals surface area contributed by atoms with Gasteiger partial charge in [0.15, 0.2) is 0 Å². The number of aromatic nitrogens is 3. The number of hydrogen-bond donors (Lipinski definition) is 1. The van der Waals surface area contributed by atoms with Gasteiger partial charge in [-0.3, -0.25) is 0 Å². The van der Waals surface area contributed by atoms with Gasteiger partial charge >= 0.3 is 0 Å². The second kappa shape index (κ2) is 2.88. The number of hydrogen-bond acceptors (Lipinski definition) is 5. The third-order valence-corrected chi connectivity index (χ3v) is 3.31. The van der Waals surface area contributed by atoms with Crippen molar-refractivity contribution in [2.75, 3.05) is 25.4 Å². The molecule has 3 atom stereocenters. The Labute approximate surface area is 82.3 Å². The molecule has 2 saturated heterocycles. The molecule has 74 valence electrons. The van der Waals surface area contributed by atoms with Crippen LogP contribution in [-0.4, -0.2) is 39.7 Å². The summed E-state index contributed by atoms with van der Waals surface area (Å²) in [4.78, 5) is 6.73. The molecule has 2 bridgehead atoms. The minimum atomic E-state index is 0.292. The average molecular weight is 191 g/mol. The highest BCUT2D eigenvalue weighted by atomic mass is 15.2. The van der Waals surface area contributed by atoms with Crippen LogP contribution < -0.4 is 5.73 Å². The zero-order valence-corrected chi connectivity index (χ0v) is 7.93. The highest BCUT2D eigenvalue weighted by Gasteiger charge is 2.39. The van der Waals surface area contributed by atoms with Gasteiger partial charge in [-0.05, 0) is 18.9 Å². The predicted octanol–water partition coefficient (Wildman–Crippen LogP) is -0.127. The average Bonchev–Trinajstić information content (AvgIpc) is 2.78. The molecule has 2 aliphatic rings. The Bertz CT molecular complexity index is 353. The lowest BCUT2D eigenvalue weighted by atomic mass is 9.90. The van der Waals surface area contributed by atoms with E-state index in [0.717, 1.165) is 18.2 Å². The number of nitrogens with two attached hydrogens (primary N) is 1. The van der Waals surface area contributed by atoms with Crippen molar-refractivity contribution in [1.82, 2.24) is 20.1 Å². The molecule has 5 heteroatoms. The molecular weight excluding hydrogens is 178 g/mol. The van der Waals surface area contributed by atoms with Crippen molar-refractivity contribution in [2.24, 2.45) is 5.92 Å². The molecule has 2 aliphatic heterocycles. The van der Waals surface area contributed by atoms with Crippen molar-refractivity contribution in [3.63, 3.8) is 0 Å². The molecule has 0 saturated carbocycles. The van der Waals surface area contributed by atoms with Gasteiger partial charge in [-0.25, -0.2) is 4.98 Å². The molecule has 0 spiro atoms. The molecule has 0 amide bonds. The van der Waals surface area contributed by atoms with Crippen molar-refractivity contribution in [3.05, 3.63) is 11.9 Å². The monoisotopic (exact) mass is 191 g/mol. The van der Waals surface area contributed by atoms with Crippen LogP contribution in [0, 0.1) is 5.92 Å². The molecule has 14 heavy (non-hydrogen) atoms. The van der Waals surface area contributed by atoms with E-state index in [-0.39, 0.29) is 0 Å². The SMILES string of the molecule is Nc1nncc(C2CN3CCC2C3)n1. The smallest absolute Gasteiger partial charge is 0.240 e. The van der Waals surface area contributed by atoms with Crippen LogP contribution in [0.4, 0.5) is 5.95 Å². The standard InChI is InChI=1S/C9H13N5/c10-9-12-8(3-11-13-9)7-5-14-2-1-6(7)4-14/h3,6-7H,1-2,4-5H2,(H2,10,12,13). The topological polar surface area (TPSA) is 67.9 Å². The lowest BCUT2D eigenvalue weighted by molar-refractivity contribution is 0.343. The summed E-state index contributed by atoms with van der Waals surface area (Å²) in [5.41, 5.74) is 6.54. The lowest BCUT2D eigenvalue weighted by Gasteiger charge is -2.20. The molecule has 1 aromatic heterocycles. The van der Waals surface area contributed by atoms with E-state index >= 15 is 0 Å². The van der Waals surface area contributed by atoms with Crippen LogP contribution >= 0.6 is 0 Å². The van der Waals surface area contributed by atoms with E-state index in [1.165, 1.54) is 19.5 Å². The Hall–Kier alpha value is -1.23. The van der Waals surface area contributed by atoms with E-state index in [1.54, 1.807) is 6.20 Å². The van der Waals surface area contributed by atoms with Crippen molar-refractivity contribution in [3.8, 4) is 0 Å². The first-order valence-electron chi connectivity index (χ1n) is 5.00. The van der Waals surface area contributed by atoms with Crippen LogP contribution in [0.15, 0.2) is 6.20 Å². The molecule has 3 heterocycles. The minimum Gasteiger partial charge on any atom is -0.366 e. The van der Waals surface area contributed by atoms with Gasteiger partial charge in [-0.15, -0.1) is 5.10 Å². The minimum absolute atomic E-state index is 0.292. The number of piperidine rings is 1. The lowest BCUT2D eigenvalue weighted by Crippen LogP contribution is -2.23. The zero-order valence-electron chi connectivity index (χ0n) is 7.93. The predicted molar refractivity (Wildman–Crippen MR) is 51.5 cm³/mol. The Kier molecular flexibility index (Phi) is 1.67. The second-order valence-electron chi connectivity index (χ2n) is 4.15. The first kappa shape index (κ1) is 8.11. The molecule has 2 fully saturated rings. The third-order valence-electron chi connectivity index (χ3n) is 3.31. The number of anilines is 1. The van der Waals surface area contributed by atoms with Crippen LogP contribution in [0.5, 0.6) is 0 Å². The highest BCUT2D eigenvalue weighted by molar-refractivity contribution is 5.19. The first-order chi connectivity index (χ1) is 6.83. The summed E-state index contributed by atoms with van der Waals surface area (Å²) in [7, 11) is 0. The third kappa shape index (κ3) is 1.16. The number of nitrogens with zero attached hydrogens (tertiary/aromatic N) is 4. The Morgan fingerprint density at radius 2 is 2.36 bits per heavy atom. The van der Waals surface area contributed by atoms with Crippen LogP contribution in [-0.2, 0) is 0 Å². The molecule has 5 nitrogen and oxygen atoms in total. The Balaban J connectivity index is 1.89. The second-order valence-corrected chi connectivity index (χ2v) is 4.15. The highest BCUT2D eigenvalue weighted by Crippen LogP contribution is 2.38. The molecule has 0 radical (unpaired) electrons. The first-order valence-corrected chi connectivity index (χ1v) is 5.00. The van der Waals surface area contributed by atoms with Gasteiger partial charge in [0.05, 0.1) is 11.9 Å². The molecule has 0 aromatic carbocycles. The van der Waals surface area contributed by atoms with Crippen molar-refractivity contribution >= 4 is 5.95 Å². The van der Waals surface area contributed by atoms with Crippen LogP contribution in [0.1, 0.15) is 18.0 Å². The number of rotatable bonds is 1. The van der Waals surface area contributed by atoms with Gasteiger partial charge in [0.25, 0.3) is 0 Å². The van der Waals surface area contributed by atoms with Crippen molar-refractivity contribution in [1.29, 1.82) is 0 Å². The molecule has 3 unspecified atom stereocenters. The zero-order chi connectivity index (χ0) is 9.54. The van der Waals surface area contributed by atoms with E-state index in [2.05, 4.69) is 20.1 Å². The fraction of sp³-hybridized carbons (Fsp3) is 0.667. The summed E-state index contributed by atoms with van der Waals surface area (Å²) in [6.07, 6.45) is 3.04. The summed E-state index contributed by atoms with van der Waals surface area (Å²) in [6, 6.07) is 0. The van der Waals surface area contributed by atoms with Gasteiger partial charge in [0.2, 0.25) is 5.95 Å². The molecular formula is C9H13N5. The number of nitrogen functional groups attached to an aromatic ring is 1. The summed E-state index contributed by atoms with van der Waals surface area (Å²) in [6.45, 7) is 3.58. The van der Waals surface area contributed by atoms with Crippen LogP contribution in [0.2, 0.25) is 0 Å². The van der Waals surface area contributed by atoms with Gasteiger partial charge in [-0.2, -0.15) is 5.10 Å². The van der Waals surface area contributed by atoms with Gasteiger partial charge in [0, 0.05) is 19.0 Å². The largest absolute Gasteiger partial charge is 0.366 e. The molecule has 2 N–H and O–H groups in total. The molecule has 0 aliphatic carbocycles. The summed E-state index contributed by atoms with van der Waals surface area (Å²) >= 11 is 0. The Morgan fingerprint density at radius 3 is 3.00 bits per heavy atom. The maximum Gasteiger partial charge on any atom is 0.240 e. The summed E-state index contributed by atoms with van der Waals surface area (Å²) < 4.78 is 0. The van der Waals surface area contributed by atoms with E-state index < -0.39 is 0 Å². The molecule has 3 rings (SSSR count). The molecule has 1 aromatic rings. The summed E-state index contributed by atoms with van der Waals surface area (Å²) in [5, 5.41) is 7.53. The van der Waals surface area contributed by atoms with Crippen molar-refractivity contribution < 1.29 is 0 Å². The number of fused-ring (bicyclic) bond motifs is 2. The van der Waals surface area contributed by atoms with E-state index in [0.29, 0.717) is 11.9 Å². The quantitative estimate of drug-likeness (QED) is 0.670. The van der Waals surface area contributed by atoms with E-state index in [9.17, 15) is 0 Å². The van der Waals surface area contributed by atoms with Crippen molar-refractivity contribution in [2.45, 2.75) is 12.3 Å². The Morgan fingerprint density at radius 1 is 1.43 bits per heavy atom. The van der Waals surface area contributed by atoms with Crippen LogP contribution in [0.25, 0.3) is 0 Å². The van der Waals surface area contributed by atoms with E-state index in [4.69, 9.17) is 5.73 Å². The van der Waals surface area contributed by atoms with Gasteiger partial charge in [-0.1, -0.05) is 0 Å². The van der Waals surface area contributed by atoms with Gasteiger partial charge in [0.1, 0.15) is 0 Å².